The van der Waals surface area contributed by atoms with E-state index < -0.39 is 22.3 Å². The number of likely N-dealkylation sites (tertiary alicyclic amines) is 1. The van der Waals surface area contributed by atoms with E-state index in [1.165, 1.54) is 11.0 Å². The summed E-state index contributed by atoms with van der Waals surface area (Å²) in [6.45, 7) is 4.43. The standard InChI is InChI=1S/C16H26N4O6S/c1-4-9-25-16(22)19-12-14(26-27(3,23)24)10-13(19)11-18(2)15-5-6-17-20(15)7-8-21/h4-6,13-14,21H,1,7-12H2,2-3H3/t13-,14+/m0/s1. The van der Waals surface area contributed by atoms with Gasteiger partial charge in [0.15, 0.2) is 0 Å². The van der Waals surface area contributed by atoms with Crippen molar-refractivity contribution in [1.82, 2.24) is 14.7 Å². The first-order valence-electron chi connectivity index (χ1n) is 8.51. The second-order valence-corrected chi connectivity index (χ2v) is 7.95. The van der Waals surface area contributed by atoms with Crippen LogP contribution in [0.25, 0.3) is 0 Å². The van der Waals surface area contributed by atoms with Crippen molar-refractivity contribution in [2.75, 3.05) is 44.5 Å². The molecule has 0 bridgehead atoms. The monoisotopic (exact) mass is 402 g/mol. The van der Waals surface area contributed by atoms with E-state index in [4.69, 9.17) is 14.0 Å². The van der Waals surface area contributed by atoms with Crippen molar-refractivity contribution in [2.24, 2.45) is 0 Å². The van der Waals surface area contributed by atoms with E-state index in [1.807, 2.05) is 11.9 Å². The van der Waals surface area contributed by atoms with E-state index in [9.17, 15) is 13.2 Å². The maximum Gasteiger partial charge on any atom is 0.410 e. The highest BCUT2D eigenvalue weighted by Gasteiger charge is 2.39. The van der Waals surface area contributed by atoms with E-state index in [-0.39, 0.29) is 25.8 Å². The molecule has 2 atom stereocenters. The van der Waals surface area contributed by atoms with Crippen molar-refractivity contribution < 1.29 is 27.2 Å². The zero-order chi connectivity index (χ0) is 20.0. The highest BCUT2D eigenvalue weighted by Crippen LogP contribution is 2.25. The lowest BCUT2D eigenvalue weighted by Gasteiger charge is -2.29. The molecule has 2 rings (SSSR count). The van der Waals surface area contributed by atoms with Crippen molar-refractivity contribution in [3.8, 4) is 0 Å². The largest absolute Gasteiger partial charge is 0.445 e. The predicted octanol–water partition coefficient (Wildman–Crippen LogP) is 0.0533. The molecule has 0 radical (unpaired) electrons. The molecule has 152 valence electrons. The summed E-state index contributed by atoms with van der Waals surface area (Å²) >= 11 is 0. The van der Waals surface area contributed by atoms with E-state index in [0.29, 0.717) is 19.5 Å². The number of carbonyl (C=O) groups is 1. The minimum atomic E-state index is -3.63. The Bertz CT molecular complexity index is 750. The van der Waals surface area contributed by atoms with Crippen LogP contribution in [0.1, 0.15) is 6.42 Å². The molecule has 10 nitrogen and oxygen atoms in total. The summed E-state index contributed by atoms with van der Waals surface area (Å²) in [6.07, 6.45) is 3.26. The fourth-order valence-corrected chi connectivity index (χ4v) is 3.76. The third-order valence-electron chi connectivity index (χ3n) is 4.13. The summed E-state index contributed by atoms with van der Waals surface area (Å²) in [7, 11) is -1.80. The van der Waals surface area contributed by atoms with Crippen LogP contribution in [0.5, 0.6) is 0 Å². The molecule has 1 aliphatic heterocycles. The Labute approximate surface area is 159 Å². The molecule has 1 aliphatic rings. The molecule has 27 heavy (non-hydrogen) atoms. The van der Waals surface area contributed by atoms with Gasteiger partial charge in [-0.3, -0.25) is 4.18 Å². The van der Waals surface area contributed by atoms with Gasteiger partial charge >= 0.3 is 6.09 Å². The smallest absolute Gasteiger partial charge is 0.410 e. The van der Waals surface area contributed by atoms with Crippen LogP contribution in [0.15, 0.2) is 24.9 Å². The van der Waals surface area contributed by atoms with Crippen LogP contribution in [-0.4, -0.2) is 86.1 Å². The molecule has 0 unspecified atom stereocenters. The van der Waals surface area contributed by atoms with Gasteiger partial charge in [-0.15, -0.1) is 0 Å². The minimum absolute atomic E-state index is 0.0454. The van der Waals surface area contributed by atoms with Crippen LogP contribution in [0, 0.1) is 0 Å². The molecule has 1 saturated heterocycles. The molecule has 2 heterocycles. The number of likely N-dealkylation sites (N-methyl/N-ethyl adjacent to an activating group) is 1. The Morgan fingerprint density at radius 1 is 1.56 bits per heavy atom. The fourth-order valence-electron chi connectivity index (χ4n) is 3.13. The third kappa shape index (κ3) is 5.94. The molecular formula is C16H26N4O6S. The third-order valence-corrected chi connectivity index (χ3v) is 4.75. The molecule has 1 N–H and O–H groups in total. The minimum Gasteiger partial charge on any atom is -0.445 e. The topological polar surface area (TPSA) is 114 Å². The van der Waals surface area contributed by atoms with Gasteiger partial charge in [-0.2, -0.15) is 13.5 Å². The Balaban J connectivity index is 2.12. The molecule has 0 spiro atoms. The molecule has 0 saturated carbocycles. The highest BCUT2D eigenvalue weighted by atomic mass is 32.2. The Hall–Kier alpha value is -2.11. The number of aliphatic hydroxyl groups excluding tert-OH is 1. The van der Waals surface area contributed by atoms with Crippen LogP contribution in [0.3, 0.4) is 0 Å². The fraction of sp³-hybridized carbons (Fsp3) is 0.625. The Kier molecular flexibility index (Phi) is 7.22. The lowest BCUT2D eigenvalue weighted by atomic mass is 10.2. The van der Waals surface area contributed by atoms with Crippen LogP contribution in [-0.2, 0) is 25.6 Å². The first-order chi connectivity index (χ1) is 12.7. The molecule has 11 heteroatoms. The van der Waals surface area contributed by atoms with Crippen molar-refractivity contribution in [1.29, 1.82) is 0 Å². The zero-order valence-electron chi connectivity index (χ0n) is 15.5. The van der Waals surface area contributed by atoms with Gasteiger partial charge in [0.25, 0.3) is 10.1 Å². The summed E-state index contributed by atoms with van der Waals surface area (Å²) in [5.41, 5.74) is 0. The van der Waals surface area contributed by atoms with Gasteiger partial charge in [0.1, 0.15) is 12.4 Å². The van der Waals surface area contributed by atoms with Crippen LogP contribution < -0.4 is 4.90 Å². The van der Waals surface area contributed by atoms with Crippen LogP contribution >= 0.6 is 0 Å². The second kappa shape index (κ2) is 9.20. The summed E-state index contributed by atoms with van der Waals surface area (Å²) in [5, 5.41) is 13.3. The second-order valence-electron chi connectivity index (χ2n) is 6.35. The quantitative estimate of drug-likeness (QED) is 0.455. The number of amides is 1. The van der Waals surface area contributed by atoms with Crippen molar-refractivity contribution >= 4 is 22.0 Å². The number of hydrogen-bond acceptors (Lipinski definition) is 8. The number of hydrogen-bond donors (Lipinski definition) is 1. The molecule has 0 aliphatic carbocycles. The van der Waals surface area contributed by atoms with Crippen molar-refractivity contribution in [2.45, 2.75) is 25.1 Å². The first-order valence-corrected chi connectivity index (χ1v) is 10.3. The SMILES string of the molecule is C=CCOC(=O)N1C[C@H](OS(C)(=O)=O)C[C@H]1CN(C)c1ccnn1CCO. The van der Waals surface area contributed by atoms with Crippen molar-refractivity contribution in [3.05, 3.63) is 24.9 Å². The number of rotatable bonds is 9. The van der Waals surface area contributed by atoms with Gasteiger partial charge in [-0.25, -0.2) is 9.48 Å². The van der Waals surface area contributed by atoms with Gasteiger partial charge in [-0.1, -0.05) is 12.7 Å². The van der Waals surface area contributed by atoms with Crippen molar-refractivity contribution in [3.63, 3.8) is 0 Å². The van der Waals surface area contributed by atoms with E-state index in [1.54, 1.807) is 16.9 Å². The molecular weight excluding hydrogens is 376 g/mol. The van der Waals surface area contributed by atoms with Crippen LogP contribution in [0.2, 0.25) is 0 Å². The maximum absolute atomic E-state index is 12.3. The predicted molar refractivity (Wildman–Crippen MR) is 99.0 cm³/mol. The first kappa shape index (κ1) is 21.2. The van der Waals surface area contributed by atoms with Gasteiger partial charge in [0, 0.05) is 19.7 Å². The maximum atomic E-state index is 12.3. The summed E-state index contributed by atoms with van der Waals surface area (Å²) in [5.74, 6) is 0.774. The summed E-state index contributed by atoms with van der Waals surface area (Å²) in [6, 6.07) is 1.49. The van der Waals surface area contributed by atoms with Crippen LogP contribution in [0.4, 0.5) is 10.6 Å². The van der Waals surface area contributed by atoms with Gasteiger partial charge in [0.05, 0.1) is 44.3 Å². The molecule has 1 aromatic rings. The number of carbonyl (C=O) groups excluding carboxylic acids is 1. The van der Waals surface area contributed by atoms with E-state index in [2.05, 4.69) is 11.7 Å². The average molecular weight is 402 g/mol. The summed E-state index contributed by atoms with van der Waals surface area (Å²) in [4.78, 5) is 15.7. The number of nitrogens with zero attached hydrogens (tertiary/aromatic N) is 4. The zero-order valence-corrected chi connectivity index (χ0v) is 16.3. The highest BCUT2D eigenvalue weighted by molar-refractivity contribution is 7.86. The number of aromatic nitrogens is 2. The molecule has 1 amide bonds. The lowest BCUT2D eigenvalue weighted by Crippen LogP contribution is -2.43. The Morgan fingerprint density at radius 3 is 2.93 bits per heavy atom. The van der Waals surface area contributed by atoms with Gasteiger partial charge in [-0.05, 0) is 6.42 Å². The average Bonchev–Trinajstić information content (AvgIpc) is 3.18. The number of ether oxygens (including phenoxy) is 1. The van der Waals surface area contributed by atoms with Gasteiger partial charge in [0.2, 0.25) is 0 Å². The van der Waals surface area contributed by atoms with Gasteiger partial charge < -0.3 is 19.6 Å². The number of aliphatic hydroxyl groups is 1. The molecule has 1 aromatic heterocycles. The molecule has 0 aromatic carbocycles. The lowest BCUT2D eigenvalue weighted by molar-refractivity contribution is 0.105. The van der Waals surface area contributed by atoms with E-state index in [0.717, 1.165) is 12.1 Å². The normalized spacial score (nSPS) is 19.9. The summed E-state index contributed by atoms with van der Waals surface area (Å²) < 4.78 is 34.8. The Morgan fingerprint density at radius 2 is 2.30 bits per heavy atom. The van der Waals surface area contributed by atoms with E-state index >= 15 is 0 Å². The number of anilines is 1. The molecule has 1 fully saturated rings.